The van der Waals surface area contributed by atoms with Gasteiger partial charge >= 0.3 is 0 Å². The summed E-state index contributed by atoms with van der Waals surface area (Å²) < 4.78 is 7.75. The number of benzene rings is 1. The molecule has 0 spiro atoms. The number of aromatic nitrogens is 2. The Morgan fingerprint density at radius 2 is 2.03 bits per heavy atom. The van der Waals surface area contributed by atoms with Crippen molar-refractivity contribution in [2.45, 2.75) is 90.7 Å². The number of carbonyl (C=O) groups excluding carboxylic acids is 1. The largest absolute Gasteiger partial charge is 0.360 e. The number of amides is 1. The Labute approximate surface area is 207 Å². The number of nitrogens with zero attached hydrogens (tertiary/aromatic N) is 3. The summed E-state index contributed by atoms with van der Waals surface area (Å²) >= 11 is 0. The van der Waals surface area contributed by atoms with Crippen molar-refractivity contribution in [1.82, 2.24) is 14.7 Å². The molecular weight excluding hydrogens is 438 g/mol. The predicted molar refractivity (Wildman–Crippen MR) is 144 cm³/mol. The van der Waals surface area contributed by atoms with Gasteiger partial charge in [-0.2, -0.15) is 5.10 Å². The van der Waals surface area contributed by atoms with Crippen molar-refractivity contribution in [2.24, 2.45) is 5.92 Å². The van der Waals surface area contributed by atoms with Crippen LogP contribution < -0.4 is 0 Å². The van der Waals surface area contributed by atoms with E-state index >= 15 is 0 Å². The number of hydrogen-bond donors (Lipinski definition) is 0. The fourth-order valence-corrected chi connectivity index (χ4v) is 5.51. The van der Waals surface area contributed by atoms with Crippen LogP contribution in [0.15, 0.2) is 36.7 Å². The van der Waals surface area contributed by atoms with Crippen molar-refractivity contribution < 1.29 is 9.53 Å². The molecule has 0 aliphatic carbocycles. The third-order valence-corrected chi connectivity index (χ3v) is 9.24. The lowest BCUT2D eigenvalue weighted by molar-refractivity contribution is -0.134. The second-order valence-electron chi connectivity index (χ2n) is 11.6. The fourth-order valence-electron chi connectivity index (χ4n) is 4.75. The molecule has 5 nitrogen and oxygen atoms in total. The van der Waals surface area contributed by atoms with E-state index in [0.717, 1.165) is 50.9 Å². The van der Waals surface area contributed by atoms with Gasteiger partial charge in [-0.25, -0.2) is 4.68 Å². The van der Waals surface area contributed by atoms with Crippen LogP contribution in [-0.2, 0) is 21.7 Å². The maximum absolute atomic E-state index is 12.7. The third-order valence-electron chi connectivity index (χ3n) is 7.54. The lowest BCUT2D eigenvalue weighted by Crippen LogP contribution is -2.49. The zero-order valence-corrected chi connectivity index (χ0v) is 23.3. The maximum atomic E-state index is 12.7. The van der Waals surface area contributed by atoms with E-state index in [1.54, 1.807) is 0 Å². The summed E-state index contributed by atoms with van der Waals surface area (Å²) in [4.78, 5) is 14.8. The maximum Gasteiger partial charge on any atom is 0.222 e. The summed E-state index contributed by atoms with van der Waals surface area (Å²) in [6.07, 6.45) is 9.02. The first-order chi connectivity index (χ1) is 16.1. The van der Waals surface area contributed by atoms with Gasteiger partial charge in [0.1, 0.15) is 6.73 Å². The van der Waals surface area contributed by atoms with Crippen LogP contribution in [0.25, 0.3) is 11.1 Å². The summed E-state index contributed by atoms with van der Waals surface area (Å²) in [6, 6.07) is 10.1. The smallest absolute Gasteiger partial charge is 0.222 e. The minimum Gasteiger partial charge on any atom is -0.360 e. The van der Waals surface area contributed by atoms with Crippen LogP contribution in [0, 0.1) is 5.92 Å². The van der Waals surface area contributed by atoms with E-state index in [0.29, 0.717) is 25.0 Å². The van der Waals surface area contributed by atoms with E-state index in [2.05, 4.69) is 80.9 Å². The summed E-state index contributed by atoms with van der Waals surface area (Å²) in [5, 5.41) is 4.52. The first-order valence-electron chi connectivity index (χ1n) is 13.1. The zero-order chi connectivity index (χ0) is 24.8. The highest BCUT2D eigenvalue weighted by atomic mass is 28.3. The van der Waals surface area contributed by atoms with Crippen LogP contribution in [0.2, 0.25) is 25.7 Å². The van der Waals surface area contributed by atoms with Crippen LogP contribution in [0.5, 0.6) is 0 Å². The zero-order valence-electron chi connectivity index (χ0n) is 22.3. The van der Waals surface area contributed by atoms with Crippen molar-refractivity contribution in [1.29, 1.82) is 0 Å². The van der Waals surface area contributed by atoms with E-state index < -0.39 is 8.07 Å². The van der Waals surface area contributed by atoms with Crippen molar-refractivity contribution in [2.75, 3.05) is 19.7 Å². The molecule has 1 amide bonds. The Morgan fingerprint density at radius 3 is 2.74 bits per heavy atom. The minimum atomic E-state index is -1.07. The Bertz CT molecular complexity index is 936. The second kappa shape index (κ2) is 11.7. The third kappa shape index (κ3) is 7.05. The molecule has 2 unspecified atom stereocenters. The highest BCUT2D eigenvalue weighted by molar-refractivity contribution is 6.76. The lowest BCUT2D eigenvalue weighted by Gasteiger charge is -2.45. The summed E-state index contributed by atoms with van der Waals surface area (Å²) in [5.41, 5.74) is 3.73. The highest BCUT2D eigenvalue weighted by Gasteiger charge is 2.39. The van der Waals surface area contributed by atoms with Gasteiger partial charge in [0.05, 0.1) is 6.20 Å². The van der Waals surface area contributed by atoms with Crippen molar-refractivity contribution in [3.63, 3.8) is 0 Å². The summed E-state index contributed by atoms with van der Waals surface area (Å²) in [6.45, 7) is 16.9. The molecule has 2 atom stereocenters. The van der Waals surface area contributed by atoms with Crippen LogP contribution >= 0.6 is 0 Å². The van der Waals surface area contributed by atoms with Gasteiger partial charge in [0.25, 0.3) is 0 Å². The van der Waals surface area contributed by atoms with Gasteiger partial charge in [0.15, 0.2) is 0 Å². The van der Waals surface area contributed by atoms with Crippen LogP contribution in [0.4, 0.5) is 0 Å². The van der Waals surface area contributed by atoms with Crippen molar-refractivity contribution in [3.8, 4) is 11.1 Å². The first-order valence-corrected chi connectivity index (χ1v) is 16.8. The number of rotatable bonds is 11. The monoisotopic (exact) mass is 483 g/mol. The quantitative estimate of drug-likeness (QED) is 0.268. The molecule has 1 saturated heterocycles. The van der Waals surface area contributed by atoms with E-state index in [1.165, 1.54) is 17.2 Å². The molecular formula is C28H45N3O2Si. The minimum absolute atomic E-state index is 0.0617. The van der Waals surface area contributed by atoms with Gasteiger partial charge in [0, 0.05) is 46.0 Å². The molecule has 1 aromatic heterocycles. The molecule has 1 aromatic carbocycles. The lowest BCUT2D eigenvalue weighted by atomic mass is 9.67. The topological polar surface area (TPSA) is 47.4 Å². The molecule has 2 heterocycles. The molecule has 1 aliphatic rings. The van der Waals surface area contributed by atoms with Crippen molar-refractivity contribution in [3.05, 3.63) is 42.2 Å². The molecule has 188 valence electrons. The van der Waals surface area contributed by atoms with Gasteiger partial charge < -0.3 is 9.64 Å². The summed E-state index contributed by atoms with van der Waals surface area (Å²) in [7, 11) is -1.07. The van der Waals surface area contributed by atoms with Crippen LogP contribution in [0.3, 0.4) is 0 Å². The standard InChI is InChI=1S/C28H45N3O2Si/c1-7-8-9-13-27(32)30-15-14-28(3,23(2)20-30)26-12-10-11-24(18-26)25-19-29-31(21-25)22-33-16-17-34(4,5)6/h10-12,18-19,21,23H,7-9,13-17,20,22H2,1-6H3. The molecule has 0 saturated carbocycles. The van der Waals surface area contributed by atoms with Gasteiger partial charge in [-0.05, 0) is 41.3 Å². The van der Waals surface area contributed by atoms with E-state index in [4.69, 9.17) is 4.74 Å². The van der Waals surface area contributed by atoms with E-state index in [9.17, 15) is 4.79 Å². The van der Waals surface area contributed by atoms with Crippen molar-refractivity contribution >= 4 is 14.0 Å². The van der Waals surface area contributed by atoms with E-state index in [-0.39, 0.29) is 5.41 Å². The predicted octanol–water partition coefficient (Wildman–Crippen LogP) is 6.57. The normalized spacial score (nSPS) is 21.1. The first kappa shape index (κ1) is 26.7. The Hall–Kier alpha value is -1.92. The molecule has 34 heavy (non-hydrogen) atoms. The highest BCUT2D eigenvalue weighted by Crippen LogP contribution is 2.40. The van der Waals surface area contributed by atoms with Gasteiger partial charge in [-0.15, -0.1) is 0 Å². The molecule has 2 aromatic rings. The molecule has 0 N–H and O–H groups in total. The average molecular weight is 484 g/mol. The number of piperidine rings is 1. The van der Waals surface area contributed by atoms with Gasteiger partial charge in [-0.3, -0.25) is 4.79 Å². The number of carbonyl (C=O) groups is 1. The number of unbranched alkanes of at least 4 members (excludes halogenated alkanes) is 2. The molecule has 1 fully saturated rings. The number of likely N-dealkylation sites (tertiary alicyclic amines) is 1. The Morgan fingerprint density at radius 1 is 1.24 bits per heavy atom. The molecule has 3 rings (SSSR count). The second-order valence-corrected chi connectivity index (χ2v) is 17.2. The fraction of sp³-hybridized carbons (Fsp3) is 0.643. The summed E-state index contributed by atoms with van der Waals surface area (Å²) in [5.74, 6) is 0.740. The van der Waals surface area contributed by atoms with Gasteiger partial charge in [0.2, 0.25) is 5.91 Å². The average Bonchev–Trinajstić information content (AvgIpc) is 3.27. The van der Waals surface area contributed by atoms with Gasteiger partial charge in [-0.1, -0.05) is 77.5 Å². The SMILES string of the molecule is CCCCCC(=O)N1CCC(C)(c2cccc(-c3cnn(COCC[Si](C)(C)C)c3)c2)C(C)C1. The van der Waals surface area contributed by atoms with Crippen LogP contribution in [0.1, 0.15) is 58.4 Å². The molecule has 6 heteroatoms. The van der Waals surface area contributed by atoms with E-state index in [1.807, 2.05) is 10.9 Å². The molecule has 0 bridgehead atoms. The van der Waals surface area contributed by atoms with Crippen LogP contribution in [-0.4, -0.2) is 48.4 Å². The Kier molecular flexibility index (Phi) is 9.16. The Balaban J connectivity index is 1.63. The number of hydrogen-bond acceptors (Lipinski definition) is 3. The number of ether oxygens (including phenoxy) is 1. The molecule has 1 aliphatic heterocycles. The molecule has 0 radical (unpaired) electrons.